The molecule has 60 heavy (non-hydrogen) atoms. The number of aliphatic hydroxyl groups excluding tert-OH is 16. The molecule has 25 atom stereocenters. The van der Waals surface area contributed by atoms with Gasteiger partial charge >= 0.3 is 0 Å². The standard InChI is InChI=1S/C20H37N3O14.C12H22O11/c1-5(27)23-11-15(31)17(36-19-10(22)13(29)12(28)6(2-24)34-19)8(4-26)35-20(11)37-16-7(3-25)33-18(32)9(21)14(16)30;13-1-3-5(15)6(16)9(19)12(22-3)23-10-4(2-14)21-11(20)8(18)7(10)17/h6-20,24-26,28-32H,2-4,21-22H2,1H3,(H,23,27);3-20H,1-2H2. The first kappa shape index (κ1) is 51.1. The van der Waals surface area contributed by atoms with E-state index in [9.17, 15) is 81.4 Å². The van der Waals surface area contributed by atoms with E-state index in [0.717, 1.165) is 6.92 Å². The average molecular weight is 886 g/mol. The highest BCUT2D eigenvalue weighted by Gasteiger charge is 2.54. The maximum Gasteiger partial charge on any atom is 0.217 e. The summed E-state index contributed by atoms with van der Waals surface area (Å²) in [5.74, 6) is -0.627. The molecule has 0 aromatic rings. The van der Waals surface area contributed by atoms with Crippen LogP contribution in [-0.4, -0.2) is 274 Å². The van der Waals surface area contributed by atoms with E-state index in [0.29, 0.717) is 0 Å². The molecule has 5 aliphatic rings. The number of ether oxygens (including phenoxy) is 8. The Hall–Kier alpha value is -1.57. The van der Waals surface area contributed by atoms with Gasteiger partial charge in [-0.1, -0.05) is 0 Å². The molecule has 5 aliphatic heterocycles. The van der Waals surface area contributed by atoms with Crippen LogP contribution in [0.15, 0.2) is 0 Å². The first-order chi connectivity index (χ1) is 28.3. The highest BCUT2D eigenvalue weighted by molar-refractivity contribution is 5.73. The number of aliphatic hydroxyl groups is 16. The third-order valence-electron chi connectivity index (χ3n) is 10.6. The van der Waals surface area contributed by atoms with Gasteiger partial charge in [-0.3, -0.25) is 4.79 Å². The van der Waals surface area contributed by atoms with Gasteiger partial charge in [-0.05, 0) is 0 Å². The van der Waals surface area contributed by atoms with E-state index >= 15 is 0 Å². The third-order valence-corrected chi connectivity index (χ3v) is 10.6. The summed E-state index contributed by atoms with van der Waals surface area (Å²) in [5, 5.41) is 160. The highest BCUT2D eigenvalue weighted by Crippen LogP contribution is 2.32. The summed E-state index contributed by atoms with van der Waals surface area (Å²) in [5.41, 5.74) is 11.6. The molecule has 0 radical (unpaired) electrons. The van der Waals surface area contributed by atoms with Crippen molar-refractivity contribution in [2.24, 2.45) is 11.5 Å². The molecule has 21 N–H and O–H groups in total. The fourth-order valence-corrected chi connectivity index (χ4v) is 7.11. The van der Waals surface area contributed by atoms with Crippen LogP contribution < -0.4 is 16.8 Å². The van der Waals surface area contributed by atoms with E-state index in [1.165, 1.54) is 0 Å². The van der Waals surface area contributed by atoms with Gasteiger partial charge < -0.3 is 136 Å². The van der Waals surface area contributed by atoms with Crippen LogP contribution in [-0.2, 0) is 42.7 Å². The lowest BCUT2D eigenvalue weighted by Gasteiger charge is -2.49. The molecule has 28 heteroatoms. The smallest absolute Gasteiger partial charge is 0.217 e. The van der Waals surface area contributed by atoms with Crippen molar-refractivity contribution in [1.29, 1.82) is 0 Å². The minimum atomic E-state index is -1.74. The van der Waals surface area contributed by atoms with E-state index in [-0.39, 0.29) is 0 Å². The lowest BCUT2D eigenvalue weighted by atomic mass is 9.94. The molecule has 0 bridgehead atoms. The van der Waals surface area contributed by atoms with E-state index in [4.69, 9.17) is 54.5 Å². The number of amides is 1. The lowest BCUT2D eigenvalue weighted by molar-refractivity contribution is -0.355. The first-order valence-corrected chi connectivity index (χ1v) is 18.8. The minimum absolute atomic E-state index is 0.627. The summed E-state index contributed by atoms with van der Waals surface area (Å²) in [7, 11) is 0. The summed E-state index contributed by atoms with van der Waals surface area (Å²) in [6, 6.07) is -4.04. The van der Waals surface area contributed by atoms with Crippen LogP contribution in [0, 0.1) is 0 Å². The Labute approximate surface area is 340 Å². The van der Waals surface area contributed by atoms with Crippen LogP contribution in [0.1, 0.15) is 6.92 Å². The quantitative estimate of drug-likeness (QED) is 0.0865. The third kappa shape index (κ3) is 11.2. The zero-order chi connectivity index (χ0) is 44.9. The van der Waals surface area contributed by atoms with Gasteiger partial charge in [0.2, 0.25) is 5.91 Å². The van der Waals surface area contributed by atoms with Gasteiger partial charge in [-0.25, -0.2) is 0 Å². The summed E-state index contributed by atoms with van der Waals surface area (Å²) >= 11 is 0. The van der Waals surface area contributed by atoms with E-state index < -0.39 is 192 Å². The van der Waals surface area contributed by atoms with Crippen molar-refractivity contribution in [1.82, 2.24) is 5.32 Å². The molecule has 1 amide bonds. The lowest BCUT2D eigenvalue weighted by Crippen LogP contribution is -2.70. The number of carbonyl (C=O) groups is 1. The van der Waals surface area contributed by atoms with Gasteiger partial charge in [0.15, 0.2) is 31.5 Å². The number of hydrogen-bond donors (Lipinski definition) is 19. The predicted molar refractivity (Wildman–Crippen MR) is 185 cm³/mol. The Morgan fingerprint density at radius 3 is 1.40 bits per heavy atom. The molecule has 5 fully saturated rings. The molecule has 25 unspecified atom stereocenters. The van der Waals surface area contributed by atoms with Crippen LogP contribution in [0.4, 0.5) is 0 Å². The number of nitrogens with one attached hydrogen (secondary N) is 1. The second-order valence-corrected chi connectivity index (χ2v) is 14.8. The minimum Gasteiger partial charge on any atom is -0.394 e. The van der Waals surface area contributed by atoms with Gasteiger partial charge in [-0.2, -0.15) is 0 Å². The normalized spacial score (nSPS) is 50.0. The molecular weight excluding hydrogens is 826 g/mol. The topological polar surface area (TPSA) is 479 Å². The van der Waals surface area contributed by atoms with Gasteiger partial charge in [0, 0.05) is 6.92 Å². The van der Waals surface area contributed by atoms with Gasteiger partial charge in [0.1, 0.15) is 110 Å². The molecule has 0 saturated carbocycles. The summed E-state index contributed by atoms with van der Waals surface area (Å²) in [4.78, 5) is 11.9. The van der Waals surface area contributed by atoms with Crippen molar-refractivity contribution in [2.75, 3.05) is 33.0 Å². The first-order valence-electron chi connectivity index (χ1n) is 18.8. The Morgan fingerprint density at radius 2 is 0.867 bits per heavy atom. The van der Waals surface area contributed by atoms with Crippen LogP contribution in [0.2, 0.25) is 0 Å². The van der Waals surface area contributed by atoms with Crippen molar-refractivity contribution < 1.29 is 124 Å². The summed E-state index contributed by atoms with van der Waals surface area (Å²) < 4.78 is 43.0. The zero-order valence-electron chi connectivity index (χ0n) is 32.0. The Kier molecular flexibility index (Phi) is 19.0. The second kappa shape index (κ2) is 22.4. The molecule has 28 nitrogen and oxygen atoms in total. The van der Waals surface area contributed by atoms with Crippen LogP contribution in [0.25, 0.3) is 0 Å². The molecule has 0 spiro atoms. The summed E-state index contributed by atoms with van der Waals surface area (Å²) in [6.07, 6.45) is -33.2. The predicted octanol–water partition coefficient (Wildman–Crippen LogP) is -12.9. The molecule has 5 heterocycles. The van der Waals surface area contributed by atoms with Crippen LogP contribution in [0.3, 0.4) is 0 Å². The van der Waals surface area contributed by atoms with Crippen molar-refractivity contribution in [3.63, 3.8) is 0 Å². The average Bonchev–Trinajstić information content (AvgIpc) is 3.22. The highest BCUT2D eigenvalue weighted by atomic mass is 16.7. The number of hydrogen-bond acceptors (Lipinski definition) is 27. The molecule has 352 valence electrons. The van der Waals surface area contributed by atoms with Gasteiger partial charge in [-0.15, -0.1) is 0 Å². The number of rotatable bonds is 12. The van der Waals surface area contributed by atoms with Gasteiger partial charge in [0.05, 0.1) is 45.1 Å². The van der Waals surface area contributed by atoms with Crippen molar-refractivity contribution >= 4 is 5.91 Å². The second-order valence-electron chi connectivity index (χ2n) is 14.8. The largest absolute Gasteiger partial charge is 0.394 e. The SMILES string of the molecule is CC(=O)NC1C(OC2C(CO)OC(O)C(N)C2O)OC(CO)C(OC2OC(CO)C(O)C(O)C2N)C1O.OCC1OC(OC2C(CO)OC(O)C(O)C2O)C(O)C(O)C1O. The molecule has 0 aliphatic carbocycles. The van der Waals surface area contributed by atoms with Crippen LogP contribution in [0.5, 0.6) is 0 Å². The molecular formula is C32H59N3O25. The molecule has 0 aromatic heterocycles. The zero-order valence-corrected chi connectivity index (χ0v) is 32.0. The molecule has 5 saturated heterocycles. The number of nitrogens with two attached hydrogens (primary N) is 2. The molecule has 5 rings (SSSR count). The maximum absolute atomic E-state index is 11.9. The maximum atomic E-state index is 11.9. The van der Waals surface area contributed by atoms with E-state index in [1.54, 1.807) is 0 Å². The van der Waals surface area contributed by atoms with E-state index in [1.807, 2.05) is 0 Å². The fraction of sp³-hybridized carbons (Fsp3) is 0.969. The van der Waals surface area contributed by atoms with Crippen molar-refractivity contribution in [3.8, 4) is 0 Å². The fourth-order valence-electron chi connectivity index (χ4n) is 7.11. The van der Waals surface area contributed by atoms with E-state index in [2.05, 4.69) is 5.32 Å². The Balaban J connectivity index is 0.000000295. The molecule has 0 aromatic carbocycles. The summed E-state index contributed by atoms with van der Waals surface area (Å²) in [6.45, 7) is -2.34. The monoisotopic (exact) mass is 885 g/mol. The van der Waals surface area contributed by atoms with Crippen LogP contribution >= 0.6 is 0 Å². The van der Waals surface area contributed by atoms with Gasteiger partial charge in [0.25, 0.3) is 0 Å². The number of carbonyl (C=O) groups excluding carboxylic acids is 1. The van der Waals surface area contributed by atoms with Crippen molar-refractivity contribution in [2.45, 2.75) is 160 Å². The Morgan fingerprint density at radius 1 is 0.450 bits per heavy atom. The Bertz CT molecular complexity index is 1310. The van der Waals surface area contributed by atoms with Crippen molar-refractivity contribution in [3.05, 3.63) is 0 Å².